The van der Waals surface area contributed by atoms with Gasteiger partial charge < -0.3 is 9.52 Å². The van der Waals surface area contributed by atoms with Crippen LogP contribution in [0.3, 0.4) is 0 Å². The first kappa shape index (κ1) is 12.6. The molecule has 0 fully saturated rings. The van der Waals surface area contributed by atoms with Crippen molar-refractivity contribution in [3.8, 4) is 11.5 Å². The van der Waals surface area contributed by atoms with Crippen LogP contribution in [0.4, 0.5) is 0 Å². The van der Waals surface area contributed by atoms with E-state index in [4.69, 9.17) is 21.1 Å². The summed E-state index contributed by atoms with van der Waals surface area (Å²) < 4.78 is 5.32. The first-order valence-corrected chi connectivity index (χ1v) is 5.90. The van der Waals surface area contributed by atoms with Gasteiger partial charge in [-0.15, -0.1) is 0 Å². The fourth-order valence-electron chi connectivity index (χ4n) is 1.70. The molecule has 0 saturated heterocycles. The number of oxazole rings is 1. The molecule has 2 rings (SSSR count). The van der Waals surface area contributed by atoms with Crippen LogP contribution in [0, 0.1) is 6.92 Å². The van der Waals surface area contributed by atoms with Gasteiger partial charge in [-0.3, -0.25) is 0 Å². The molecule has 1 aromatic carbocycles. The van der Waals surface area contributed by atoms with Crippen molar-refractivity contribution in [1.82, 2.24) is 4.98 Å². The first-order chi connectivity index (χ1) is 8.52. The fraction of sp³-hybridized carbons (Fsp3) is 0.231. The Labute approximate surface area is 109 Å². The molecular weight excluding hydrogens is 254 g/mol. The molecule has 0 radical (unpaired) electrons. The summed E-state index contributed by atoms with van der Waals surface area (Å²) in [5.41, 5.74) is 2.09. The highest BCUT2D eigenvalue weighted by Crippen LogP contribution is 2.28. The van der Waals surface area contributed by atoms with Gasteiger partial charge in [-0.05, 0) is 31.0 Å². The zero-order chi connectivity index (χ0) is 13.3. The number of hydrogen-bond donors (Lipinski definition) is 1. The summed E-state index contributed by atoms with van der Waals surface area (Å²) in [6.45, 7) is 3.72. The Hall–Kier alpha value is -1.81. The molecule has 0 aliphatic carbocycles. The van der Waals surface area contributed by atoms with Gasteiger partial charge in [-0.2, -0.15) is 0 Å². The Kier molecular flexibility index (Phi) is 3.39. The minimum atomic E-state index is -1.11. The van der Waals surface area contributed by atoms with Crippen LogP contribution in [0.25, 0.3) is 11.5 Å². The number of aromatic carboxylic acids is 1. The molecule has 0 aliphatic rings. The second kappa shape index (κ2) is 4.82. The molecule has 1 aromatic heterocycles. The van der Waals surface area contributed by atoms with Crippen LogP contribution in [0.1, 0.15) is 28.7 Å². The third-order valence-corrected chi connectivity index (χ3v) is 2.89. The molecule has 1 heterocycles. The lowest BCUT2D eigenvalue weighted by Gasteiger charge is -2.01. The number of aryl methyl sites for hydroxylation is 2. The van der Waals surface area contributed by atoms with Crippen molar-refractivity contribution in [3.05, 3.63) is 40.2 Å². The second-order valence-electron chi connectivity index (χ2n) is 3.91. The Morgan fingerprint density at radius 3 is 2.78 bits per heavy atom. The van der Waals surface area contributed by atoms with E-state index >= 15 is 0 Å². The summed E-state index contributed by atoms with van der Waals surface area (Å²) in [5, 5.41) is 9.58. The Morgan fingerprint density at radius 1 is 1.50 bits per heavy atom. The lowest BCUT2D eigenvalue weighted by molar-refractivity contribution is 0.0662. The van der Waals surface area contributed by atoms with Gasteiger partial charge in [0, 0.05) is 10.6 Å². The molecule has 0 saturated carbocycles. The van der Waals surface area contributed by atoms with E-state index in [1.807, 2.05) is 19.9 Å². The summed E-state index contributed by atoms with van der Waals surface area (Å²) in [4.78, 5) is 15.2. The molecule has 18 heavy (non-hydrogen) atoms. The van der Waals surface area contributed by atoms with Gasteiger partial charge in [0.25, 0.3) is 0 Å². The number of aromatic nitrogens is 1. The van der Waals surface area contributed by atoms with Crippen LogP contribution in [0.2, 0.25) is 5.02 Å². The Balaban J connectivity index is 2.57. The fourth-order valence-corrected chi connectivity index (χ4v) is 1.87. The summed E-state index contributed by atoms with van der Waals surface area (Å²) >= 11 is 5.92. The van der Waals surface area contributed by atoms with E-state index in [-0.39, 0.29) is 5.76 Å². The maximum absolute atomic E-state index is 11.0. The lowest BCUT2D eigenvalue weighted by atomic mass is 10.1. The third-order valence-electron chi connectivity index (χ3n) is 2.66. The number of rotatable bonds is 3. The number of carbonyl (C=O) groups is 1. The van der Waals surface area contributed by atoms with E-state index in [0.717, 1.165) is 5.56 Å². The average molecular weight is 266 g/mol. The van der Waals surface area contributed by atoms with Crippen molar-refractivity contribution >= 4 is 17.6 Å². The number of hydrogen-bond acceptors (Lipinski definition) is 3. The quantitative estimate of drug-likeness (QED) is 0.921. The number of carboxylic acids is 1. The first-order valence-electron chi connectivity index (χ1n) is 5.52. The van der Waals surface area contributed by atoms with Crippen LogP contribution in [-0.4, -0.2) is 16.1 Å². The zero-order valence-corrected chi connectivity index (χ0v) is 10.8. The van der Waals surface area contributed by atoms with Crippen LogP contribution in [0.15, 0.2) is 22.6 Å². The summed E-state index contributed by atoms with van der Waals surface area (Å²) in [5.74, 6) is -0.915. The topological polar surface area (TPSA) is 63.3 Å². The predicted molar refractivity (Wildman–Crippen MR) is 68.0 cm³/mol. The molecule has 0 spiro atoms. The van der Waals surface area contributed by atoms with E-state index in [1.165, 1.54) is 0 Å². The minimum Gasteiger partial charge on any atom is -0.475 e. The third kappa shape index (κ3) is 2.24. The highest BCUT2D eigenvalue weighted by molar-refractivity contribution is 6.30. The highest BCUT2D eigenvalue weighted by Gasteiger charge is 2.19. The van der Waals surface area contributed by atoms with E-state index < -0.39 is 5.97 Å². The number of carboxylic acid groups (broad SMARTS) is 1. The molecule has 0 atom stereocenters. The van der Waals surface area contributed by atoms with E-state index in [9.17, 15) is 4.79 Å². The van der Waals surface area contributed by atoms with Gasteiger partial charge in [0.2, 0.25) is 11.7 Å². The van der Waals surface area contributed by atoms with Gasteiger partial charge >= 0.3 is 5.97 Å². The predicted octanol–water partition coefficient (Wildman–Crippen LogP) is 3.56. The van der Waals surface area contributed by atoms with Crippen molar-refractivity contribution < 1.29 is 14.3 Å². The van der Waals surface area contributed by atoms with Crippen molar-refractivity contribution in [2.45, 2.75) is 20.3 Å². The SMILES string of the molecule is CCc1nc(-c2cc(Cl)ccc2C)oc1C(=O)O. The van der Waals surface area contributed by atoms with Crippen molar-refractivity contribution in [2.24, 2.45) is 0 Å². The maximum Gasteiger partial charge on any atom is 0.373 e. The minimum absolute atomic E-state index is 0.105. The van der Waals surface area contributed by atoms with Gasteiger partial charge in [-0.25, -0.2) is 9.78 Å². The van der Waals surface area contributed by atoms with Crippen LogP contribution in [-0.2, 0) is 6.42 Å². The van der Waals surface area contributed by atoms with Crippen molar-refractivity contribution in [3.63, 3.8) is 0 Å². The number of halogens is 1. The zero-order valence-electron chi connectivity index (χ0n) is 10.0. The normalized spacial score (nSPS) is 10.6. The highest BCUT2D eigenvalue weighted by atomic mass is 35.5. The van der Waals surface area contributed by atoms with Crippen LogP contribution in [0.5, 0.6) is 0 Å². The molecule has 0 aliphatic heterocycles. The number of benzene rings is 1. The van der Waals surface area contributed by atoms with E-state index in [0.29, 0.717) is 28.6 Å². The maximum atomic E-state index is 11.0. The molecular formula is C13H12ClNO3. The summed E-state index contributed by atoms with van der Waals surface area (Å²) in [6.07, 6.45) is 0.505. The molecule has 0 amide bonds. The number of nitrogens with zero attached hydrogens (tertiary/aromatic N) is 1. The van der Waals surface area contributed by atoms with Crippen molar-refractivity contribution in [1.29, 1.82) is 0 Å². The van der Waals surface area contributed by atoms with Gasteiger partial charge in [0.05, 0.1) is 5.69 Å². The summed E-state index contributed by atoms with van der Waals surface area (Å²) in [7, 11) is 0. The standard InChI is InChI=1S/C13H12ClNO3/c1-3-10-11(13(16)17)18-12(15-10)9-6-8(14)5-4-7(9)2/h4-6H,3H2,1-2H3,(H,16,17). The van der Waals surface area contributed by atoms with Gasteiger partial charge in [-0.1, -0.05) is 24.6 Å². The van der Waals surface area contributed by atoms with Crippen molar-refractivity contribution in [2.75, 3.05) is 0 Å². The molecule has 2 aromatic rings. The Morgan fingerprint density at radius 2 is 2.22 bits per heavy atom. The molecule has 4 nitrogen and oxygen atoms in total. The molecule has 94 valence electrons. The summed E-state index contributed by atoms with van der Waals surface area (Å²) in [6, 6.07) is 5.32. The smallest absolute Gasteiger partial charge is 0.373 e. The lowest BCUT2D eigenvalue weighted by Crippen LogP contribution is -1.98. The largest absolute Gasteiger partial charge is 0.475 e. The van der Waals surface area contributed by atoms with E-state index in [1.54, 1.807) is 12.1 Å². The average Bonchev–Trinajstić information content (AvgIpc) is 2.76. The van der Waals surface area contributed by atoms with Gasteiger partial charge in [0.1, 0.15) is 0 Å². The molecule has 0 bridgehead atoms. The second-order valence-corrected chi connectivity index (χ2v) is 4.35. The Bertz CT molecular complexity index is 604. The molecule has 0 unspecified atom stereocenters. The van der Waals surface area contributed by atoms with Crippen LogP contribution < -0.4 is 0 Å². The molecule has 5 heteroatoms. The van der Waals surface area contributed by atoms with Gasteiger partial charge in [0.15, 0.2) is 0 Å². The van der Waals surface area contributed by atoms with E-state index in [2.05, 4.69) is 4.98 Å². The molecule has 1 N–H and O–H groups in total. The van der Waals surface area contributed by atoms with Crippen LogP contribution >= 0.6 is 11.6 Å². The monoisotopic (exact) mass is 265 g/mol.